The molecular weight excluding hydrogens is 126 g/mol. The molecule has 43 valence electrons. The highest BCUT2D eigenvalue weighted by atomic mass is 32.2. The lowest BCUT2D eigenvalue weighted by atomic mass is 11.2. The standard InChI is InChI=1S/C4H10NS2/c1-6-3-5-4-7-2/h3-4H2,1-2H3. The van der Waals surface area contributed by atoms with Gasteiger partial charge in [0.25, 0.3) is 0 Å². The van der Waals surface area contributed by atoms with E-state index in [1.165, 1.54) is 0 Å². The zero-order valence-electron chi connectivity index (χ0n) is 4.68. The summed E-state index contributed by atoms with van der Waals surface area (Å²) < 4.78 is 0. The van der Waals surface area contributed by atoms with Crippen molar-refractivity contribution in [2.75, 3.05) is 24.3 Å². The summed E-state index contributed by atoms with van der Waals surface area (Å²) in [5, 5.41) is 4.13. The molecule has 0 fully saturated rings. The van der Waals surface area contributed by atoms with Gasteiger partial charge in [0, 0.05) is 0 Å². The fourth-order valence-electron chi connectivity index (χ4n) is 0.220. The second-order valence-electron chi connectivity index (χ2n) is 1.06. The van der Waals surface area contributed by atoms with E-state index in [1.807, 2.05) is 0 Å². The maximum Gasteiger partial charge on any atom is 0.0597 e. The van der Waals surface area contributed by atoms with E-state index in [1.54, 1.807) is 23.5 Å². The van der Waals surface area contributed by atoms with Gasteiger partial charge in [-0.1, -0.05) is 0 Å². The van der Waals surface area contributed by atoms with Crippen LogP contribution in [0.5, 0.6) is 0 Å². The molecule has 1 radical (unpaired) electrons. The Morgan fingerprint density at radius 3 is 1.86 bits per heavy atom. The van der Waals surface area contributed by atoms with E-state index in [4.69, 9.17) is 0 Å². The molecule has 0 aromatic heterocycles. The van der Waals surface area contributed by atoms with Crippen molar-refractivity contribution < 1.29 is 0 Å². The number of nitrogens with zero attached hydrogens (tertiary/aromatic N) is 1. The predicted molar refractivity (Wildman–Crippen MR) is 38.9 cm³/mol. The SMILES string of the molecule is CSC[N]CSC. The van der Waals surface area contributed by atoms with E-state index in [9.17, 15) is 0 Å². The van der Waals surface area contributed by atoms with Crippen molar-refractivity contribution in [2.45, 2.75) is 0 Å². The van der Waals surface area contributed by atoms with Crippen molar-refractivity contribution in [3.63, 3.8) is 0 Å². The van der Waals surface area contributed by atoms with Crippen LogP contribution in [-0.4, -0.2) is 24.3 Å². The minimum Gasteiger partial charge on any atom is -0.220 e. The normalized spacial score (nSPS) is 9.43. The molecule has 0 aromatic rings. The van der Waals surface area contributed by atoms with E-state index in [2.05, 4.69) is 17.8 Å². The summed E-state index contributed by atoms with van der Waals surface area (Å²) in [6, 6.07) is 0. The van der Waals surface area contributed by atoms with E-state index < -0.39 is 0 Å². The number of hydrogen-bond donors (Lipinski definition) is 0. The Labute approximate surface area is 53.6 Å². The molecule has 1 nitrogen and oxygen atoms in total. The fourth-order valence-corrected chi connectivity index (χ4v) is 0.883. The van der Waals surface area contributed by atoms with Crippen LogP contribution in [0.25, 0.3) is 0 Å². The van der Waals surface area contributed by atoms with Crippen molar-refractivity contribution in [1.29, 1.82) is 0 Å². The van der Waals surface area contributed by atoms with Crippen LogP contribution in [0, 0.1) is 0 Å². The molecule has 3 heteroatoms. The summed E-state index contributed by atoms with van der Waals surface area (Å²) in [6.07, 6.45) is 4.12. The molecule has 0 N–H and O–H groups in total. The molecule has 7 heavy (non-hydrogen) atoms. The number of rotatable bonds is 4. The first-order valence-corrected chi connectivity index (χ1v) is 4.81. The van der Waals surface area contributed by atoms with Gasteiger partial charge in [-0.2, -0.15) is 0 Å². The lowest BCUT2D eigenvalue weighted by Gasteiger charge is -1.92. The summed E-state index contributed by atoms with van der Waals surface area (Å²) in [7, 11) is 0. The van der Waals surface area contributed by atoms with Crippen LogP contribution >= 0.6 is 23.5 Å². The van der Waals surface area contributed by atoms with Crippen LogP contribution in [0.15, 0.2) is 0 Å². The van der Waals surface area contributed by atoms with Gasteiger partial charge >= 0.3 is 0 Å². The molecule has 0 unspecified atom stereocenters. The van der Waals surface area contributed by atoms with Gasteiger partial charge in [0.2, 0.25) is 0 Å². The van der Waals surface area contributed by atoms with Gasteiger partial charge in [-0.15, -0.1) is 23.5 Å². The Kier molecular flexibility index (Phi) is 7.29. The molecule has 0 aliphatic rings. The van der Waals surface area contributed by atoms with Crippen LogP contribution in [-0.2, 0) is 0 Å². The van der Waals surface area contributed by atoms with Gasteiger partial charge in [0.05, 0.1) is 11.8 Å². The third-order valence-electron chi connectivity index (χ3n) is 0.441. The van der Waals surface area contributed by atoms with E-state index in [0.717, 1.165) is 11.8 Å². The first-order valence-electron chi connectivity index (χ1n) is 2.03. The first-order chi connectivity index (χ1) is 3.41. The largest absolute Gasteiger partial charge is 0.220 e. The summed E-state index contributed by atoms with van der Waals surface area (Å²) in [4.78, 5) is 0. The van der Waals surface area contributed by atoms with Gasteiger partial charge in [0.1, 0.15) is 0 Å². The second kappa shape index (κ2) is 6.66. The van der Waals surface area contributed by atoms with Gasteiger partial charge in [-0.3, -0.25) is 0 Å². The highest BCUT2D eigenvalue weighted by Crippen LogP contribution is 1.91. The Morgan fingerprint density at radius 1 is 1.14 bits per heavy atom. The summed E-state index contributed by atoms with van der Waals surface area (Å²) in [5.41, 5.74) is 0. The zero-order chi connectivity index (χ0) is 5.54. The van der Waals surface area contributed by atoms with Crippen LogP contribution in [0.4, 0.5) is 0 Å². The molecule has 0 aliphatic heterocycles. The molecule has 0 amide bonds. The minimum absolute atomic E-state index is 0.945. The van der Waals surface area contributed by atoms with Crippen molar-refractivity contribution in [3.8, 4) is 0 Å². The molecule has 0 saturated heterocycles. The molecule has 0 atom stereocenters. The van der Waals surface area contributed by atoms with E-state index in [0.29, 0.717) is 0 Å². The van der Waals surface area contributed by atoms with Gasteiger partial charge in [-0.05, 0) is 12.5 Å². The maximum absolute atomic E-state index is 4.13. The minimum atomic E-state index is 0.945. The van der Waals surface area contributed by atoms with Crippen LogP contribution in [0.3, 0.4) is 0 Å². The van der Waals surface area contributed by atoms with Crippen molar-refractivity contribution in [3.05, 3.63) is 0 Å². The molecule has 0 heterocycles. The quantitative estimate of drug-likeness (QED) is 0.540. The number of hydrogen-bond acceptors (Lipinski definition) is 2. The topological polar surface area (TPSA) is 14.1 Å². The van der Waals surface area contributed by atoms with Gasteiger partial charge in [-0.25, -0.2) is 5.32 Å². The summed E-state index contributed by atoms with van der Waals surface area (Å²) in [5.74, 6) is 1.89. The predicted octanol–water partition coefficient (Wildman–Crippen LogP) is 1.23. The lowest BCUT2D eigenvalue weighted by Crippen LogP contribution is -2.00. The Bertz CT molecular complexity index is 28.9. The van der Waals surface area contributed by atoms with Crippen molar-refractivity contribution in [1.82, 2.24) is 5.32 Å². The highest BCUT2D eigenvalue weighted by Gasteiger charge is 1.79. The Morgan fingerprint density at radius 2 is 1.57 bits per heavy atom. The smallest absolute Gasteiger partial charge is 0.0597 e. The molecule has 0 bridgehead atoms. The molecule has 0 rings (SSSR count). The highest BCUT2D eigenvalue weighted by molar-refractivity contribution is 7.99. The second-order valence-corrected chi connectivity index (χ2v) is 2.73. The Balaban J connectivity index is 2.45. The van der Waals surface area contributed by atoms with Crippen LogP contribution in [0.2, 0.25) is 0 Å². The van der Waals surface area contributed by atoms with Crippen LogP contribution in [0.1, 0.15) is 0 Å². The zero-order valence-corrected chi connectivity index (χ0v) is 6.31. The molecule has 0 aromatic carbocycles. The average molecular weight is 136 g/mol. The molecule has 0 saturated carbocycles. The summed E-state index contributed by atoms with van der Waals surface area (Å²) in [6.45, 7) is 0. The van der Waals surface area contributed by atoms with Gasteiger partial charge < -0.3 is 0 Å². The van der Waals surface area contributed by atoms with Crippen molar-refractivity contribution >= 4 is 23.5 Å². The van der Waals surface area contributed by atoms with Crippen LogP contribution < -0.4 is 5.32 Å². The number of thioether (sulfide) groups is 2. The Hall–Kier alpha value is 0.660. The maximum atomic E-state index is 4.13. The van der Waals surface area contributed by atoms with E-state index >= 15 is 0 Å². The summed E-state index contributed by atoms with van der Waals surface area (Å²) >= 11 is 3.52. The molecule has 0 spiro atoms. The monoisotopic (exact) mass is 136 g/mol. The first kappa shape index (κ1) is 7.66. The third kappa shape index (κ3) is 6.66. The van der Waals surface area contributed by atoms with E-state index in [-0.39, 0.29) is 0 Å². The molecule has 0 aliphatic carbocycles. The average Bonchev–Trinajstić information content (AvgIpc) is 1.69. The van der Waals surface area contributed by atoms with Crippen molar-refractivity contribution in [2.24, 2.45) is 0 Å². The lowest BCUT2D eigenvalue weighted by molar-refractivity contribution is 0.930. The third-order valence-corrected chi connectivity index (χ3v) is 1.32. The van der Waals surface area contributed by atoms with Gasteiger partial charge in [0.15, 0.2) is 0 Å². The fraction of sp³-hybridized carbons (Fsp3) is 1.00. The molecular formula is C4H10NS2.